The van der Waals surface area contributed by atoms with Gasteiger partial charge in [-0.25, -0.2) is 4.79 Å². The average Bonchev–Trinajstić information content (AvgIpc) is 3.11. The zero-order valence-corrected chi connectivity index (χ0v) is 12.2. The predicted octanol–water partition coefficient (Wildman–Crippen LogP) is 2.17. The van der Waals surface area contributed by atoms with Gasteiger partial charge in [-0.05, 0) is 37.0 Å². The normalized spacial score (nSPS) is 15.2. The number of H-pyrrole nitrogens is 1. The molecule has 0 atom stereocenters. The number of ether oxygens (including phenoxy) is 2. The average molecular weight is 302 g/mol. The summed E-state index contributed by atoms with van der Waals surface area (Å²) in [6.45, 7) is 0.774. The van der Waals surface area contributed by atoms with Crippen LogP contribution in [0.1, 0.15) is 23.2 Å². The number of benzene rings is 1. The quantitative estimate of drug-likeness (QED) is 0.864. The Morgan fingerprint density at radius 1 is 1.24 bits per heavy atom. The highest BCUT2D eigenvalue weighted by Crippen LogP contribution is 2.32. The van der Waals surface area contributed by atoms with E-state index in [-0.39, 0.29) is 12.5 Å². The van der Waals surface area contributed by atoms with Crippen molar-refractivity contribution in [3.8, 4) is 11.5 Å². The van der Waals surface area contributed by atoms with Crippen LogP contribution in [0.5, 0.6) is 11.5 Å². The number of rotatable bonds is 2. The fourth-order valence-corrected chi connectivity index (χ4v) is 3.33. The summed E-state index contributed by atoms with van der Waals surface area (Å²) in [4.78, 5) is 15.0. The van der Waals surface area contributed by atoms with E-state index in [1.807, 2.05) is 18.2 Å². The highest BCUT2D eigenvalue weighted by atomic mass is 32.1. The van der Waals surface area contributed by atoms with Crippen LogP contribution in [0.4, 0.5) is 0 Å². The van der Waals surface area contributed by atoms with Gasteiger partial charge in [0.05, 0.1) is 6.54 Å². The summed E-state index contributed by atoms with van der Waals surface area (Å²) >= 11 is 5.25. The molecule has 1 aromatic carbocycles. The van der Waals surface area contributed by atoms with E-state index in [9.17, 15) is 4.79 Å². The molecule has 0 saturated heterocycles. The molecule has 21 heavy (non-hydrogen) atoms. The molecule has 0 amide bonds. The van der Waals surface area contributed by atoms with Crippen molar-refractivity contribution in [3.63, 3.8) is 0 Å². The molecule has 1 aromatic heterocycles. The molecule has 1 aliphatic heterocycles. The predicted molar refractivity (Wildman–Crippen MR) is 79.6 cm³/mol. The number of aromatic nitrogens is 2. The van der Waals surface area contributed by atoms with Crippen LogP contribution in [0.25, 0.3) is 0 Å². The topological polar surface area (TPSA) is 56.2 Å². The number of fused-ring (bicyclic) bond motifs is 2. The Bertz CT molecular complexity index is 838. The lowest BCUT2D eigenvalue weighted by Crippen LogP contribution is -2.27. The molecule has 0 radical (unpaired) electrons. The van der Waals surface area contributed by atoms with Gasteiger partial charge >= 0.3 is 5.69 Å². The van der Waals surface area contributed by atoms with Crippen molar-refractivity contribution in [2.24, 2.45) is 0 Å². The van der Waals surface area contributed by atoms with Crippen LogP contribution in [-0.4, -0.2) is 16.3 Å². The molecule has 0 unspecified atom stereocenters. The van der Waals surface area contributed by atoms with Crippen LogP contribution in [-0.2, 0) is 19.4 Å². The van der Waals surface area contributed by atoms with Crippen LogP contribution in [0.15, 0.2) is 23.0 Å². The lowest BCUT2D eigenvalue weighted by Gasteiger charge is -2.12. The fraction of sp³-hybridized carbons (Fsp3) is 0.333. The Kier molecular flexibility index (Phi) is 2.85. The van der Waals surface area contributed by atoms with Crippen LogP contribution in [0.3, 0.4) is 0 Å². The molecule has 1 aliphatic carbocycles. The minimum atomic E-state index is -0.140. The first-order valence-corrected chi connectivity index (χ1v) is 7.36. The molecule has 2 aromatic rings. The standard InChI is InChI=1S/C15H14N2O3S/c18-15-16-14(21)10-2-1-3-11(10)17(15)7-9-4-5-12-13(6-9)20-8-19-12/h4-6H,1-3,7-8H2,(H,16,18,21). The van der Waals surface area contributed by atoms with Crippen molar-refractivity contribution in [2.45, 2.75) is 25.8 Å². The molecule has 0 saturated carbocycles. The molecular weight excluding hydrogens is 288 g/mol. The second-order valence-electron chi connectivity index (χ2n) is 5.31. The van der Waals surface area contributed by atoms with Crippen molar-refractivity contribution < 1.29 is 9.47 Å². The van der Waals surface area contributed by atoms with Gasteiger partial charge in [-0.2, -0.15) is 0 Å². The Hall–Kier alpha value is -2.08. The first kappa shape index (κ1) is 12.6. The summed E-state index contributed by atoms with van der Waals surface area (Å²) in [6, 6.07) is 5.77. The van der Waals surface area contributed by atoms with Gasteiger partial charge in [0.2, 0.25) is 6.79 Å². The lowest BCUT2D eigenvalue weighted by molar-refractivity contribution is 0.174. The first-order valence-electron chi connectivity index (χ1n) is 6.96. The van der Waals surface area contributed by atoms with Crippen LogP contribution in [0.2, 0.25) is 0 Å². The van der Waals surface area contributed by atoms with Gasteiger partial charge in [0.25, 0.3) is 0 Å². The van der Waals surface area contributed by atoms with Gasteiger partial charge in [-0.3, -0.25) is 9.55 Å². The monoisotopic (exact) mass is 302 g/mol. The molecule has 0 spiro atoms. The van der Waals surface area contributed by atoms with Crippen molar-refractivity contribution in [1.82, 2.24) is 9.55 Å². The van der Waals surface area contributed by atoms with E-state index in [2.05, 4.69) is 4.98 Å². The molecular formula is C15H14N2O3S. The largest absolute Gasteiger partial charge is 0.454 e. The Labute approximate surface area is 126 Å². The molecule has 0 bridgehead atoms. The van der Waals surface area contributed by atoms with Crippen LogP contribution < -0.4 is 15.2 Å². The zero-order valence-electron chi connectivity index (χ0n) is 11.3. The Balaban J connectivity index is 1.77. The van der Waals surface area contributed by atoms with E-state index in [0.29, 0.717) is 11.2 Å². The Morgan fingerprint density at radius 2 is 2.10 bits per heavy atom. The second kappa shape index (κ2) is 4.73. The van der Waals surface area contributed by atoms with E-state index < -0.39 is 0 Å². The summed E-state index contributed by atoms with van der Waals surface area (Å²) in [6.07, 6.45) is 2.91. The molecule has 1 N–H and O–H groups in total. The zero-order chi connectivity index (χ0) is 14.4. The number of aromatic amines is 1. The highest BCUT2D eigenvalue weighted by molar-refractivity contribution is 7.71. The van der Waals surface area contributed by atoms with Crippen molar-refractivity contribution in [2.75, 3.05) is 6.79 Å². The molecule has 2 aliphatic rings. The molecule has 2 heterocycles. The lowest BCUT2D eigenvalue weighted by atomic mass is 10.2. The van der Waals surface area contributed by atoms with Crippen LogP contribution in [0, 0.1) is 4.64 Å². The highest BCUT2D eigenvalue weighted by Gasteiger charge is 2.19. The number of nitrogens with one attached hydrogen (secondary N) is 1. The van der Waals surface area contributed by atoms with Crippen LogP contribution >= 0.6 is 12.2 Å². The fourth-order valence-electron chi connectivity index (χ4n) is 3.02. The third-order valence-electron chi connectivity index (χ3n) is 4.03. The smallest absolute Gasteiger partial charge is 0.327 e. The van der Waals surface area contributed by atoms with Gasteiger partial charge in [-0.1, -0.05) is 18.3 Å². The summed E-state index contributed by atoms with van der Waals surface area (Å²) in [7, 11) is 0. The molecule has 5 nitrogen and oxygen atoms in total. The van der Waals surface area contributed by atoms with Gasteiger partial charge in [0.15, 0.2) is 11.5 Å². The van der Waals surface area contributed by atoms with Gasteiger partial charge < -0.3 is 9.47 Å². The van der Waals surface area contributed by atoms with Crippen molar-refractivity contribution >= 4 is 12.2 Å². The Morgan fingerprint density at radius 3 is 3.00 bits per heavy atom. The van der Waals surface area contributed by atoms with Gasteiger partial charge in [0, 0.05) is 11.3 Å². The SMILES string of the molecule is O=c1[nH]c(=S)c2c(n1Cc1ccc3c(c1)OCO3)CCC2. The third-order valence-corrected chi connectivity index (χ3v) is 4.38. The van der Waals surface area contributed by atoms with E-state index in [1.165, 1.54) is 0 Å². The summed E-state index contributed by atoms with van der Waals surface area (Å²) < 4.78 is 13.1. The maximum absolute atomic E-state index is 12.2. The maximum Gasteiger partial charge on any atom is 0.327 e. The van der Waals surface area contributed by atoms with Crippen molar-refractivity contribution in [3.05, 3.63) is 50.1 Å². The minimum Gasteiger partial charge on any atom is -0.454 e. The van der Waals surface area contributed by atoms with E-state index in [4.69, 9.17) is 21.7 Å². The van der Waals surface area contributed by atoms with Crippen molar-refractivity contribution in [1.29, 1.82) is 0 Å². The van der Waals surface area contributed by atoms with Gasteiger partial charge in [0.1, 0.15) is 4.64 Å². The molecule has 108 valence electrons. The summed E-state index contributed by atoms with van der Waals surface area (Å²) in [5.41, 5.74) is 3.06. The summed E-state index contributed by atoms with van der Waals surface area (Å²) in [5, 5.41) is 0. The van der Waals surface area contributed by atoms with E-state index in [1.54, 1.807) is 4.57 Å². The molecule has 6 heteroatoms. The van der Waals surface area contributed by atoms with E-state index >= 15 is 0 Å². The first-order chi connectivity index (χ1) is 10.2. The number of hydrogen-bond donors (Lipinski definition) is 1. The van der Waals surface area contributed by atoms with E-state index in [0.717, 1.165) is 47.6 Å². The number of nitrogens with zero attached hydrogens (tertiary/aromatic N) is 1. The minimum absolute atomic E-state index is 0.140. The number of hydrogen-bond acceptors (Lipinski definition) is 4. The van der Waals surface area contributed by atoms with Gasteiger partial charge in [-0.15, -0.1) is 0 Å². The second-order valence-corrected chi connectivity index (χ2v) is 5.72. The third kappa shape index (κ3) is 2.06. The maximum atomic E-state index is 12.2. The molecule has 0 fully saturated rings. The molecule has 4 rings (SSSR count). The summed E-state index contributed by atoms with van der Waals surface area (Å²) in [5.74, 6) is 1.49.